The number of rotatable bonds is 4. The molecule has 0 aliphatic carbocycles. The van der Waals surface area contributed by atoms with Crippen molar-refractivity contribution in [2.75, 3.05) is 0 Å². The zero-order chi connectivity index (χ0) is 11.3. The van der Waals surface area contributed by atoms with Crippen LogP contribution in [0.2, 0.25) is 0 Å². The maximum atomic E-state index is 13.5. The summed E-state index contributed by atoms with van der Waals surface area (Å²) in [6, 6.07) is 3.76. The van der Waals surface area contributed by atoms with Gasteiger partial charge in [0, 0.05) is 11.6 Å². The van der Waals surface area contributed by atoms with Gasteiger partial charge in [-0.1, -0.05) is 26.3 Å². The summed E-state index contributed by atoms with van der Waals surface area (Å²) < 4.78 is 26.2. The van der Waals surface area contributed by atoms with Crippen LogP contribution in [0.15, 0.2) is 24.3 Å². The number of hydrogen-bond acceptors (Lipinski definition) is 0. The van der Waals surface area contributed by atoms with Crippen molar-refractivity contribution in [2.24, 2.45) is 0 Å². The lowest BCUT2D eigenvalue weighted by Crippen LogP contribution is -1.91. The molecular formula is C13H16F2. The van der Waals surface area contributed by atoms with Crippen molar-refractivity contribution < 1.29 is 8.78 Å². The second-order valence-corrected chi connectivity index (χ2v) is 3.51. The zero-order valence-corrected chi connectivity index (χ0v) is 9.19. The van der Waals surface area contributed by atoms with Gasteiger partial charge >= 0.3 is 0 Å². The summed E-state index contributed by atoms with van der Waals surface area (Å²) in [5, 5.41) is 0. The van der Waals surface area contributed by atoms with Gasteiger partial charge in [-0.15, -0.1) is 0 Å². The Bertz CT molecular complexity index is 354. The monoisotopic (exact) mass is 210 g/mol. The smallest absolute Gasteiger partial charge is 0.133 e. The van der Waals surface area contributed by atoms with Crippen molar-refractivity contribution in [3.05, 3.63) is 41.5 Å². The Hall–Kier alpha value is -1.18. The minimum absolute atomic E-state index is 0.469. The Kier molecular flexibility index (Phi) is 4.47. The van der Waals surface area contributed by atoms with Crippen LogP contribution in [0.1, 0.15) is 38.7 Å². The lowest BCUT2D eigenvalue weighted by atomic mass is 10.00. The minimum Gasteiger partial charge on any atom is -0.207 e. The fraction of sp³-hybridized carbons (Fsp3) is 0.385. The van der Waals surface area contributed by atoms with Gasteiger partial charge in [-0.3, -0.25) is 0 Å². The van der Waals surface area contributed by atoms with E-state index in [1.165, 1.54) is 12.1 Å². The van der Waals surface area contributed by atoms with E-state index in [4.69, 9.17) is 0 Å². The van der Waals surface area contributed by atoms with Gasteiger partial charge in [-0.05, 0) is 30.5 Å². The lowest BCUT2D eigenvalue weighted by molar-refractivity contribution is 0.580. The Morgan fingerprint density at radius 2 is 2.00 bits per heavy atom. The van der Waals surface area contributed by atoms with Crippen molar-refractivity contribution in [1.82, 2.24) is 0 Å². The normalized spacial score (nSPS) is 11.9. The molecule has 2 heteroatoms. The van der Waals surface area contributed by atoms with Crippen LogP contribution in [0.5, 0.6) is 0 Å². The van der Waals surface area contributed by atoms with Gasteiger partial charge in [0.2, 0.25) is 0 Å². The van der Waals surface area contributed by atoms with Gasteiger partial charge in [-0.2, -0.15) is 0 Å². The average molecular weight is 210 g/mol. The van der Waals surface area contributed by atoms with E-state index in [0.29, 0.717) is 5.56 Å². The van der Waals surface area contributed by atoms with Gasteiger partial charge in [0.1, 0.15) is 11.6 Å². The number of hydrogen-bond donors (Lipinski definition) is 0. The first-order valence-electron chi connectivity index (χ1n) is 5.33. The molecule has 0 saturated carbocycles. The van der Waals surface area contributed by atoms with Crippen LogP contribution in [0, 0.1) is 11.6 Å². The lowest BCUT2D eigenvalue weighted by Gasteiger charge is -2.07. The summed E-state index contributed by atoms with van der Waals surface area (Å²) in [7, 11) is 0. The molecule has 0 unspecified atom stereocenters. The van der Waals surface area contributed by atoms with E-state index >= 15 is 0 Å². The Labute approximate surface area is 89.6 Å². The molecule has 0 heterocycles. The van der Waals surface area contributed by atoms with Crippen LogP contribution in [-0.4, -0.2) is 0 Å². The molecule has 82 valence electrons. The molecule has 1 rings (SSSR count). The predicted molar refractivity (Wildman–Crippen MR) is 59.5 cm³/mol. The third kappa shape index (κ3) is 3.15. The van der Waals surface area contributed by atoms with Crippen LogP contribution in [-0.2, 0) is 0 Å². The van der Waals surface area contributed by atoms with Crippen LogP contribution < -0.4 is 0 Å². The highest BCUT2D eigenvalue weighted by atomic mass is 19.1. The van der Waals surface area contributed by atoms with Gasteiger partial charge in [-0.25, -0.2) is 8.78 Å². The van der Waals surface area contributed by atoms with Gasteiger partial charge < -0.3 is 0 Å². The Balaban J connectivity index is 3.06. The molecule has 0 bridgehead atoms. The van der Waals surface area contributed by atoms with Crippen molar-refractivity contribution in [2.45, 2.75) is 33.1 Å². The summed E-state index contributed by atoms with van der Waals surface area (Å²) in [5.74, 6) is -0.994. The molecular weight excluding hydrogens is 194 g/mol. The van der Waals surface area contributed by atoms with Gasteiger partial charge in [0.05, 0.1) is 0 Å². The average Bonchev–Trinajstić information content (AvgIpc) is 2.17. The molecule has 0 saturated heterocycles. The van der Waals surface area contributed by atoms with Crippen LogP contribution in [0.4, 0.5) is 8.78 Å². The van der Waals surface area contributed by atoms with E-state index in [2.05, 4.69) is 0 Å². The van der Waals surface area contributed by atoms with Crippen molar-refractivity contribution in [1.29, 1.82) is 0 Å². The molecule has 1 aromatic carbocycles. The van der Waals surface area contributed by atoms with E-state index in [-0.39, 0.29) is 0 Å². The molecule has 0 aromatic heterocycles. The summed E-state index contributed by atoms with van der Waals surface area (Å²) in [6.45, 7) is 4.06. The SMILES string of the molecule is CCC=C(CCC)c1ccc(F)cc1F. The summed E-state index contributed by atoms with van der Waals surface area (Å²) in [4.78, 5) is 0. The maximum Gasteiger partial charge on any atom is 0.133 e. The van der Waals surface area contributed by atoms with Gasteiger partial charge in [0.25, 0.3) is 0 Å². The highest BCUT2D eigenvalue weighted by Crippen LogP contribution is 2.23. The third-order valence-corrected chi connectivity index (χ3v) is 2.25. The van der Waals surface area contributed by atoms with Crippen LogP contribution >= 0.6 is 0 Å². The Morgan fingerprint density at radius 3 is 2.53 bits per heavy atom. The summed E-state index contributed by atoms with van der Waals surface area (Å²) in [5.41, 5.74) is 1.50. The van der Waals surface area contributed by atoms with E-state index in [9.17, 15) is 8.78 Å². The second-order valence-electron chi connectivity index (χ2n) is 3.51. The number of allylic oxidation sites excluding steroid dienone is 2. The maximum absolute atomic E-state index is 13.5. The molecule has 1 aromatic rings. The third-order valence-electron chi connectivity index (χ3n) is 2.25. The van der Waals surface area contributed by atoms with Gasteiger partial charge in [0.15, 0.2) is 0 Å². The number of halogens is 2. The molecule has 0 aliphatic heterocycles. The highest BCUT2D eigenvalue weighted by Gasteiger charge is 2.07. The molecule has 15 heavy (non-hydrogen) atoms. The summed E-state index contributed by atoms with van der Waals surface area (Å²) in [6.07, 6.45) is 4.66. The summed E-state index contributed by atoms with van der Waals surface area (Å²) >= 11 is 0. The first-order valence-corrected chi connectivity index (χ1v) is 5.33. The largest absolute Gasteiger partial charge is 0.207 e. The van der Waals surface area contributed by atoms with E-state index in [0.717, 1.165) is 30.9 Å². The fourth-order valence-electron chi connectivity index (χ4n) is 1.61. The quantitative estimate of drug-likeness (QED) is 0.683. The molecule has 0 N–H and O–H groups in total. The van der Waals surface area contributed by atoms with Crippen molar-refractivity contribution in [3.63, 3.8) is 0 Å². The van der Waals surface area contributed by atoms with E-state index in [1.807, 2.05) is 19.9 Å². The van der Waals surface area contributed by atoms with Crippen LogP contribution in [0.25, 0.3) is 5.57 Å². The second kappa shape index (κ2) is 5.64. The molecule has 0 atom stereocenters. The highest BCUT2D eigenvalue weighted by molar-refractivity contribution is 5.65. The first-order chi connectivity index (χ1) is 7.19. The molecule has 0 fully saturated rings. The van der Waals surface area contributed by atoms with E-state index in [1.54, 1.807) is 0 Å². The molecule has 0 amide bonds. The molecule has 0 nitrogen and oxygen atoms in total. The van der Waals surface area contributed by atoms with Crippen LogP contribution in [0.3, 0.4) is 0 Å². The van der Waals surface area contributed by atoms with E-state index < -0.39 is 11.6 Å². The number of benzene rings is 1. The molecule has 0 aliphatic rings. The fourth-order valence-corrected chi connectivity index (χ4v) is 1.61. The topological polar surface area (TPSA) is 0 Å². The van der Waals surface area contributed by atoms with Crippen molar-refractivity contribution >= 4 is 5.57 Å². The first kappa shape index (κ1) is 11.9. The standard InChI is InChI=1S/C13H16F2/c1-3-5-10(6-4-2)12-8-7-11(14)9-13(12)15/h5,7-9H,3-4,6H2,1-2H3. The molecule has 0 radical (unpaired) electrons. The van der Waals surface area contributed by atoms with Crippen molar-refractivity contribution in [3.8, 4) is 0 Å². The molecule has 0 spiro atoms. The zero-order valence-electron chi connectivity index (χ0n) is 9.19. The Morgan fingerprint density at radius 1 is 1.27 bits per heavy atom. The minimum atomic E-state index is -0.524. The predicted octanol–water partition coefficient (Wildman–Crippen LogP) is 4.56.